The highest BCUT2D eigenvalue weighted by atomic mass is 79.9. The Morgan fingerprint density at radius 2 is 2.11 bits per heavy atom. The average Bonchev–Trinajstić information content (AvgIpc) is 2.30. The number of aromatic nitrogens is 1. The molecule has 0 saturated carbocycles. The molecule has 2 heterocycles. The van der Waals surface area contributed by atoms with E-state index >= 15 is 0 Å². The Bertz CT molecular complexity index is 473. The predicted octanol–water partition coefficient (Wildman–Crippen LogP) is 3.61. The molecule has 1 fully saturated rings. The van der Waals surface area contributed by atoms with E-state index in [1.807, 2.05) is 13.8 Å². The van der Waals surface area contributed by atoms with Crippen LogP contribution in [0.4, 0.5) is 0 Å². The Morgan fingerprint density at radius 1 is 1.47 bits per heavy atom. The van der Waals surface area contributed by atoms with Gasteiger partial charge >= 0.3 is 5.97 Å². The second-order valence-electron chi connectivity index (χ2n) is 4.75. The minimum absolute atomic E-state index is 0.0951. The molecular formula is C13H15BrClNO3. The van der Waals surface area contributed by atoms with Gasteiger partial charge in [-0.15, -0.1) is 0 Å². The lowest BCUT2D eigenvalue weighted by molar-refractivity contribution is -0.0855. The van der Waals surface area contributed by atoms with Crippen molar-refractivity contribution >= 4 is 33.5 Å². The third kappa shape index (κ3) is 3.91. The zero-order valence-corrected chi connectivity index (χ0v) is 13.1. The summed E-state index contributed by atoms with van der Waals surface area (Å²) >= 11 is 9.17. The predicted molar refractivity (Wildman–Crippen MR) is 75.4 cm³/mol. The van der Waals surface area contributed by atoms with E-state index < -0.39 is 5.97 Å². The molecule has 2 unspecified atom stereocenters. The fourth-order valence-electron chi connectivity index (χ4n) is 2.22. The fraction of sp³-hybridized carbons (Fsp3) is 0.538. The lowest BCUT2D eigenvalue weighted by Crippen LogP contribution is -2.35. The van der Waals surface area contributed by atoms with Crippen molar-refractivity contribution in [3.8, 4) is 0 Å². The van der Waals surface area contributed by atoms with E-state index in [9.17, 15) is 4.79 Å². The zero-order valence-electron chi connectivity index (χ0n) is 10.7. The Hall–Kier alpha value is -0.650. The van der Waals surface area contributed by atoms with E-state index in [1.54, 1.807) is 6.07 Å². The first-order chi connectivity index (χ1) is 8.95. The van der Waals surface area contributed by atoms with Gasteiger partial charge in [0, 0.05) is 23.5 Å². The number of halogens is 2. The summed E-state index contributed by atoms with van der Waals surface area (Å²) < 4.78 is 11.8. The summed E-state index contributed by atoms with van der Waals surface area (Å²) in [6, 6.07) is 1.61. The van der Waals surface area contributed by atoms with E-state index in [-0.39, 0.29) is 29.0 Å². The summed E-state index contributed by atoms with van der Waals surface area (Å²) in [7, 11) is 0. The quantitative estimate of drug-likeness (QED) is 0.605. The van der Waals surface area contributed by atoms with Gasteiger partial charge < -0.3 is 9.47 Å². The molecule has 2 atom stereocenters. The van der Waals surface area contributed by atoms with E-state index in [2.05, 4.69) is 20.9 Å². The molecule has 0 N–H and O–H groups in total. The number of nitrogens with zero attached hydrogens (tertiary/aromatic N) is 1. The molecule has 1 saturated heterocycles. The van der Waals surface area contributed by atoms with Crippen LogP contribution in [-0.4, -0.2) is 29.3 Å². The van der Waals surface area contributed by atoms with Gasteiger partial charge in [0.2, 0.25) is 0 Å². The molecule has 1 aromatic heterocycles. The van der Waals surface area contributed by atoms with Gasteiger partial charge in [0.25, 0.3) is 0 Å². The largest absolute Gasteiger partial charge is 0.458 e. The van der Waals surface area contributed by atoms with Gasteiger partial charge in [-0.25, -0.2) is 9.78 Å². The van der Waals surface area contributed by atoms with Gasteiger partial charge in [-0.3, -0.25) is 0 Å². The van der Waals surface area contributed by atoms with Crippen molar-refractivity contribution in [1.29, 1.82) is 0 Å². The smallest absolute Gasteiger partial charge is 0.341 e. The summed E-state index contributed by atoms with van der Waals surface area (Å²) in [6.07, 6.45) is 3.00. The first-order valence-corrected chi connectivity index (χ1v) is 7.30. The first-order valence-electron chi connectivity index (χ1n) is 6.13. The Balaban J connectivity index is 2.06. The maximum Gasteiger partial charge on any atom is 0.341 e. The van der Waals surface area contributed by atoms with Gasteiger partial charge in [-0.1, -0.05) is 11.6 Å². The van der Waals surface area contributed by atoms with Crippen LogP contribution in [0.1, 0.15) is 37.0 Å². The number of esters is 1. The van der Waals surface area contributed by atoms with Crippen molar-refractivity contribution in [1.82, 2.24) is 4.98 Å². The van der Waals surface area contributed by atoms with Crippen molar-refractivity contribution in [2.24, 2.45) is 0 Å². The van der Waals surface area contributed by atoms with Crippen molar-refractivity contribution in [2.45, 2.75) is 45.0 Å². The SMILES string of the molecule is CC1CC(OC(=O)c2cc(Br)cnc2Cl)CC(C)O1. The topological polar surface area (TPSA) is 48.4 Å². The molecule has 0 aliphatic carbocycles. The number of carbonyl (C=O) groups is 1. The third-order valence-electron chi connectivity index (χ3n) is 2.95. The molecule has 0 spiro atoms. The fourth-order valence-corrected chi connectivity index (χ4v) is 2.73. The highest BCUT2D eigenvalue weighted by Crippen LogP contribution is 2.24. The molecule has 1 aliphatic heterocycles. The molecule has 1 aromatic rings. The summed E-state index contributed by atoms with van der Waals surface area (Å²) in [5.74, 6) is -0.440. The summed E-state index contributed by atoms with van der Waals surface area (Å²) in [6.45, 7) is 3.95. The maximum absolute atomic E-state index is 12.1. The molecule has 0 radical (unpaired) electrons. The number of ether oxygens (including phenoxy) is 2. The van der Waals surface area contributed by atoms with Crippen LogP contribution in [0.3, 0.4) is 0 Å². The van der Waals surface area contributed by atoms with Crippen LogP contribution in [0.15, 0.2) is 16.7 Å². The zero-order chi connectivity index (χ0) is 14.0. The summed E-state index contributed by atoms with van der Waals surface area (Å²) in [4.78, 5) is 16.0. The molecule has 1 aliphatic rings. The minimum atomic E-state index is -0.440. The number of carbonyl (C=O) groups excluding carboxylic acids is 1. The van der Waals surface area contributed by atoms with Gasteiger partial charge in [0.05, 0.1) is 17.8 Å². The highest BCUT2D eigenvalue weighted by Gasteiger charge is 2.28. The number of hydrogen-bond acceptors (Lipinski definition) is 4. The van der Waals surface area contributed by atoms with Crippen LogP contribution in [0, 0.1) is 0 Å². The van der Waals surface area contributed by atoms with Crippen LogP contribution >= 0.6 is 27.5 Å². The van der Waals surface area contributed by atoms with Crippen LogP contribution in [0.2, 0.25) is 5.15 Å². The first kappa shape index (κ1) is 14.8. The number of rotatable bonds is 2. The van der Waals surface area contributed by atoms with E-state index in [4.69, 9.17) is 21.1 Å². The standard InChI is InChI=1S/C13H15BrClNO3/c1-7-3-10(4-8(2)18-7)19-13(17)11-5-9(14)6-16-12(11)15/h5-8,10H,3-4H2,1-2H3. The van der Waals surface area contributed by atoms with Gasteiger partial charge in [0.1, 0.15) is 11.3 Å². The molecule has 4 nitrogen and oxygen atoms in total. The number of hydrogen-bond donors (Lipinski definition) is 0. The van der Waals surface area contributed by atoms with E-state index in [0.717, 1.165) is 0 Å². The lowest BCUT2D eigenvalue weighted by Gasteiger charge is -2.31. The molecule has 0 aromatic carbocycles. The van der Waals surface area contributed by atoms with Crippen molar-refractivity contribution < 1.29 is 14.3 Å². The van der Waals surface area contributed by atoms with Crippen LogP contribution in [0.25, 0.3) is 0 Å². The summed E-state index contributed by atoms with van der Waals surface area (Å²) in [5.41, 5.74) is 0.280. The second-order valence-corrected chi connectivity index (χ2v) is 6.02. The van der Waals surface area contributed by atoms with Crippen LogP contribution in [-0.2, 0) is 9.47 Å². The van der Waals surface area contributed by atoms with Crippen molar-refractivity contribution in [3.05, 3.63) is 27.5 Å². The minimum Gasteiger partial charge on any atom is -0.458 e. The second kappa shape index (κ2) is 6.20. The average molecular weight is 349 g/mol. The van der Waals surface area contributed by atoms with Gasteiger partial charge in [-0.2, -0.15) is 0 Å². The van der Waals surface area contributed by atoms with Gasteiger partial charge in [0.15, 0.2) is 0 Å². The van der Waals surface area contributed by atoms with Crippen LogP contribution in [0.5, 0.6) is 0 Å². The molecule has 0 bridgehead atoms. The van der Waals surface area contributed by atoms with Crippen LogP contribution < -0.4 is 0 Å². The maximum atomic E-state index is 12.1. The summed E-state index contributed by atoms with van der Waals surface area (Å²) in [5, 5.41) is 0.154. The lowest BCUT2D eigenvalue weighted by atomic mass is 10.0. The molecule has 2 rings (SSSR count). The normalized spacial score (nSPS) is 27.1. The molecule has 19 heavy (non-hydrogen) atoms. The Labute approximate surface area is 125 Å². The Morgan fingerprint density at radius 3 is 2.74 bits per heavy atom. The number of pyridine rings is 1. The highest BCUT2D eigenvalue weighted by molar-refractivity contribution is 9.10. The monoisotopic (exact) mass is 347 g/mol. The van der Waals surface area contributed by atoms with E-state index in [0.29, 0.717) is 17.3 Å². The van der Waals surface area contributed by atoms with Crippen molar-refractivity contribution in [3.63, 3.8) is 0 Å². The Kier molecular flexibility index (Phi) is 4.81. The van der Waals surface area contributed by atoms with E-state index in [1.165, 1.54) is 6.20 Å². The molecule has 0 amide bonds. The molecule has 6 heteroatoms. The van der Waals surface area contributed by atoms with Crippen molar-refractivity contribution in [2.75, 3.05) is 0 Å². The molecule has 104 valence electrons. The van der Waals surface area contributed by atoms with Gasteiger partial charge in [-0.05, 0) is 35.8 Å². The molecular weight excluding hydrogens is 334 g/mol. The third-order valence-corrected chi connectivity index (χ3v) is 3.69.